The molecule has 2 heterocycles. The van der Waals surface area contributed by atoms with Crippen LogP contribution < -0.4 is 4.90 Å². The van der Waals surface area contributed by atoms with E-state index in [4.69, 9.17) is 12.6 Å². The lowest BCUT2D eigenvalue weighted by Gasteiger charge is -2.13. The Morgan fingerprint density at radius 2 is 2.32 bits per heavy atom. The number of benzene rings is 1. The van der Waals surface area contributed by atoms with E-state index in [1.54, 1.807) is 23.0 Å². The quantitative estimate of drug-likeness (QED) is 0.567. The van der Waals surface area contributed by atoms with Crippen molar-refractivity contribution in [1.82, 2.24) is 15.0 Å². The molecule has 0 unspecified atom stereocenters. The van der Waals surface area contributed by atoms with E-state index in [0.717, 1.165) is 0 Å². The molecule has 1 fully saturated rings. The molecule has 1 aromatic heterocycles. The molecule has 2 aromatic rings. The Bertz CT molecular complexity index is 711. The summed E-state index contributed by atoms with van der Waals surface area (Å²) in [5.41, 5.74) is 1.15. The molecule has 0 N–H and O–H groups in total. The first-order valence-corrected chi connectivity index (χ1v) is 7.67. The molecule has 3 rings (SSSR count). The monoisotopic (exact) mass is 412 g/mol. The number of cyclic esters (lactones) is 1. The highest BCUT2D eigenvalue weighted by Gasteiger charge is 2.33. The number of aromatic nitrogens is 3. The van der Waals surface area contributed by atoms with Crippen molar-refractivity contribution in [2.45, 2.75) is 19.0 Å². The van der Waals surface area contributed by atoms with E-state index < -0.39 is 6.09 Å². The molecule has 1 saturated heterocycles. The van der Waals surface area contributed by atoms with Crippen molar-refractivity contribution in [2.24, 2.45) is 0 Å². The van der Waals surface area contributed by atoms with Crippen LogP contribution in [0.15, 0.2) is 24.4 Å². The molecule has 0 aliphatic carbocycles. The molecule has 0 saturated carbocycles. The van der Waals surface area contributed by atoms with Crippen LogP contribution in [0.1, 0.15) is 5.69 Å². The Hall–Kier alpha value is -1.65. The van der Waals surface area contributed by atoms with Crippen molar-refractivity contribution in [2.75, 3.05) is 11.4 Å². The molecule has 2 radical (unpaired) electrons. The summed E-state index contributed by atoms with van der Waals surface area (Å²) in [7, 11) is 5.47. The lowest BCUT2D eigenvalue weighted by molar-refractivity contribution is 0.129. The normalized spacial score (nSPS) is 17.8. The molecular weight excluding hydrogens is 401 g/mol. The van der Waals surface area contributed by atoms with Crippen LogP contribution in [-0.2, 0) is 17.6 Å². The summed E-state index contributed by atoms with van der Waals surface area (Å²) in [5.74, 6) is -0.363. The van der Waals surface area contributed by atoms with E-state index in [0.29, 0.717) is 34.4 Å². The van der Waals surface area contributed by atoms with Gasteiger partial charge in [0.2, 0.25) is 0 Å². The number of ether oxygens (including phenoxy) is 1. The highest BCUT2D eigenvalue weighted by Crippen LogP contribution is 2.25. The predicted molar refractivity (Wildman–Crippen MR) is 86.2 cm³/mol. The van der Waals surface area contributed by atoms with Crippen LogP contribution in [0.2, 0.25) is 0 Å². The molecule has 1 atom stereocenters. The Balaban J connectivity index is 1.71. The van der Waals surface area contributed by atoms with E-state index in [9.17, 15) is 9.18 Å². The Kier molecular flexibility index (Phi) is 4.32. The van der Waals surface area contributed by atoms with Gasteiger partial charge in [0.15, 0.2) is 0 Å². The SMILES string of the molecule is [B]Cc1cn(C[C@H]2CN(c3ccc(I)c(F)c3)C(=O)O2)nn1. The van der Waals surface area contributed by atoms with Crippen LogP contribution in [0.4, 0.5) is 14.9 Å². The van der Waals surface area contributed by atoms with Gasteiger partial charge in [-0.3, -0.25) is 4.90 Å². The number of carbonyl (C=O) groups excluding carboxylic acids is 1. The van der Waals surface area contributed by atoms with Gasteiger partial charge in [-0.25, -0.2) is 13.9 Å². The number of amides is 1. The second kappa shape index (κ2) is 6.23. The van der Waals surface area contributed by atoms with Gasteiger partial charge in [0.25, 0.3) is 0 Å². The molecule has 0 spiro atoms. The molecule has 1 aliphatic heterocycles. The first-order chi connectivity index (χ1) is 10.6. The van der Waals surface area contributed by atoms with Crippen LogP contribution in [0.25, 0.3) is 0 Å². The van der Waals surface area contributed by atoms with Crippen molar-refractivity contribution < 1.29 is 13.9 Å². The van der Waals surface area contributed by atoms with Crippen molar-refractivity contribution in [3.05, 3.63) is 39.5 Å². The lowest BCUT2D eigenvalue weighted by atomic mass is 10.0. The second-order valence-electron chi connectivity index (χ2n) is 4.85. The van der Waals surface area contributed by atoms with E-state index >= 15 is 0 Å². The van der Waals surface area contributed by atoms with Crippen LogP contribution in [0.3, 0.4) is 0 Å². The summed E-state index contributed by atoms with van der Waals surface area (Å²) < 4.78 is 21.0. The third-order valence-electron chi connectivity index (χ3n) is 3.27. The summed E-state index contributed by atoms with van der Waals surface area (Å²) in [6.07, 6.45) is 1.14. The number of rotatable bonds is 4. The Morgan fingerprint density at radius 3 is 3.00 bits per heavy atom. The van der Waals surface area contributed by atoms with Crippen LogP contribution in [-0.4, -0.2) is 41.6 Å². The lowest BCUT2D eigenvalue weighted by Crippen LogP contribution is -2.26. The van der Waals surface area contributed by atoms with Gasteiger partial charge >= 0.3 is 6.09 Å². The fourth-order valence-corrected chi connectivity index (χ4v) is 2.55. The number of anilines is 1. The third kappa shape index (κ3) is 3.08. The summed E-state index contributed by atoms with van der Waals surface area (Å²) in [6.45, 7) is 0.707. The van der Waals surface area contributed by atoms with E-state index in [2.05, 4.69) is 10.3 Å². The standard InChI is InChI=1S/C13H11BFIN4O2/c14-4-8-5-19(18-17-8)6-10-7-20(13(21)22-10)9-1-2-12(16)11(15)3-9/h1-3,5,10H,4,6-7H2/t10-/m0/s1. The zero-order valence-corrected chi connectivity index (χ0v) is 13.6. The van der Waals surface area contributed by atoms with Gasteiger partial charge in [0, 0.05) is 9.77 Å². The largest absolute Gasteiger partial charge is 0.442 e. The molecule has 22 heavy (non-hydrogen) atoms. The summed E-state index contributed by atoms with van der Waals surface area (Å²) in [5, 5.41) is 7.79. The van der Waals surface area contributed by atoms with Crippen LogP contribution >= 0.6 is 22.6 Å². The maximum Gasteiger partial charge on any atom is 0.414 e. The summed E-state index contributed by atoms with van der Waals surface area (Å²) >= 11 is 1.90. The van der Waals surface area contributed by atoms with E-state index in [1.807, 2.05) is 22.6 Å². The number of carbonyl (C=O) groups is 1. The molecule has 112 valence electrons. The van der Waals surface area contributed by atoms with Crippen molar-refractivity contribution in [3.8, 4) is 0 Å². The molecule has 1 aliphatic rings. The van der Waals surface area contributed by atoms with Gasteiger partial charge in [-0.1, -0.05) is 5.21 Å². The van der Waals surface area contributed by atoms with Crippen molar-refractivity contribution in [1.29, 1.82) is 0 Å². The van der Waals surface area contributed by atoms with Gasteiger partial charge in [0.1, 0.15) is 11.9 Å². The molecular formula is C13H11BFIN4O2. The van der Waals surface area contributed by atoms with Gasteiger partial charge in [-0.05, 0) is 47.1 Å². The minimum Gasteiger partial charge on any atom is -0.442 e. The fraction of sp³-hybridized carbons (Fsp3) is 0.308. The number of nitrogens with zero attached hydrogens (tertiary/aromatic N) is 4. The zero-order valence-electron chi connectivity index (χ0n) is 11.4. The minimum absolute atomic E-state index is 0.304. The van der Waals surface area contributed by atoms with Gasteiger partial charge in [-0.15, -0.1) is 5.10 Å². The number of hydrogen-bond acceptors (Lipinski definition) is 4. The van der Waals surface area contributed by atoms with Crippen molar-refractivity contribution >= 4 is 42.2 Å². The fourth-order valence-electron chi connectivity index (χ4n) is 2.21. The predicted octanol–water partition coefficient (Wildman–Crippen LogP) is 1.72. The smallest absolute Gasteiger partial charge is 0.414 e. The summed E-state index contributed by atoms with van der Waals surface area (Å²) in [6, 6.07) is 4.64. The first-order valence-electron chi connectivity index (χ1n) is 6.59. The molecule has 6 nitrogen and oxygen atoms in total. The minimum atomic E-state index is -0.496. The topological polar surface area (TPSA) is 60.2 Å². The van der Waals surface area contributed by atoms with Gasteiger partial charge in [-0.2, -0.15) is 0 Å². The van der Waals surface area contributed by atoms with Gasteiger partial charge < -0.3 is 4.74 Å². The molecule has 1 amide bonds. The van der Waals surface area contributed by atoms with E-state index in [-0.39, 0.29) is 11.9 Å². The van der Waals surface area contributed by atoms with Crippen LogP contribution in [0.5, 0.6) is 0 Å². The van der Waals surface area contributed by atoms with Crippen LogP contribution in [0, 0.1) is 9.39 Å². The molecule has 9 heteroatoms. The highest BCUT2D eigenvalue weighted by atomic mass is 127. The third-order valence-corrected chi connectivity index (χ3v) is 4.15. The average molecular weight is 412 g/mol. The highest BCUT2D eigenvalue weighted by molar-refractivity contribution is 14.1. The maximum atomic E-state index is 13.6. The van der Waals surface area contributed by atoms with Crippen molar-refractivity contribution in [3.63, 3.8) is 0 Å². The van der Waals surface area contributed by atoms with Gasteiger partial charge in [0.05, 0.1) is 32.3 Å². The maximum absolute atomic E-state index is 13.6. The second-order valence-corrected chi connectivity index (χ2v) is 6.01. The Labute approximate surface area is 141 Å². The van der Waals surface area contributed by atoms with E-state index in [1.165, 1.54) is 11.0 Å². The number of hydrogen-bond donors (Lipinski definition) is 0. The Morgan fingerprint density at radius 1 is 1.50 bits per heavy atom. The zero-order chi connectivity index (χ0) is 15.7. The average Bonchev–Trinajstić information content (AvgIpc) is 3.09. The first kappa shape index (κ1) is 15.3. The molecule has 1 aromatic carbocycles. The number of halogens is 2. The summed E-state index contributed by atoms with van der Waals surface area (Å²) in [4.78, 5) is 13.4. The molecule has 0 bridgehead atoms.